The number of likely N-dealkylation sites (tertiary alicyclic amines) is 1. The highest BCUT2D eigenvalue weighted by Crippen LogP contribution is 2.40. The molecule has 1 N–H and O–H groups in total. The second kappa shape index (κ2) is 4.83. The molecule has 2 fully saturated rings. The number of hydrogen-bond donors (Lipinski definition) is 1. The van der Waals surface area contributed by atoms with Gasteiger partial charge in [0.1, 0.15) is 0 Å². The normalized spacial score (nSPS) is 28.8. The minimum absolute atomic E-state index is 0.281. The Morgan fingerprint density at radius 3 is 3.14 bits per heavy atom. The number of aromatic amines is 1. The van der Waals surface area contributed by atoms with Crippen LogP contribution in [-0.2, 0) is 4.79 Å². The Kier molecular flexibility index (Phi) is 2.94. The molecular formula is C16H20N4O. The maximum Gasteiger partial charge on any atom is 0.225 e. The molecule has 0 spiro atoms. The van der Waals surface area contributed by atoms with Crippen molar-refractivity contribution in [2.45, 2.75) is 32.1 Å². The van der Waals surface area contributed by atoms with E-state index in [0.29, 0.717) is 17.7 Å². The smallest absolute Gasteiger partial charge is 0.225 e. The largest absolute Gasteiger partial charge is 0.342 e. The fourth-order valence-corrected chi connectivity index (χ4v) is 3.49. The highest BCUT2D eigenvalue weighted by atomic mass is 16.2. The van der Waals surface area contributed by atoms with E-state index in [9.17, 15) is 4.79 Å². The van der Waals surface area contributed by atoms with Gasteiger partial charge in [-0.15, -0.1) is 0 Å². The number of carbonyl (C=O) groups excluding carboxylic acids is 1. The molecule has 3 heterocycles. The highest BCUT2D eigenvalue weighted by Gasteiger charge is 2.42. The number of aromatic nitrogens is 3. The molecule has 5 nitrogen and oxygen atoms in total. The van der Waals surface area contributed by atoms with Gasteiger partial charge in [0, 0.05) is 42.2 Å². The van der Waals surface area contributed by atoms with Gasteiger partial charge in [-0.1, -0.05) is 6.92 Å². The molecule has 3 atom stereocenters. The fourth-order valence-electron chi connectivity index (χ4n) is 3.49. The molecule has 1 amide bonds. The zero-order valence-corrected chi connectivity index (χ0v) is 12.2. The van der Waals surface area contributed by atoms with Crippen molar-refractivity contribution in [2.24, 2.45) is 11.8 Å². The lowest BCUT2D eigenvalue weighted by Crippen LogP contribution is -2.40. The molecule has 1 aliphatic carbocycles. The summed E-state index contributed by atoms with van der Waals surface area (Å²) in [5, 5.41) is 8.52. The Balaban J connectivity index is 1.56. The summed E-state index contributed by atoms with van der Waals surface area (Å²) in [6.45, 7) is 3.88. The van der Waals surface area contributed by atoms with Crippen LogP contribution < -0.4 is 0 Å². The van der Waals surface area contributed by atoms with Crippen LogP contribution in [0.2, 0.25) is 0 Å². The Hall–Kier alpha value is -1.91. The first kappa shape index (κ1) is 12.8. The van der Waals surface area contributed by atoms with Gasteiger partial charge >= 0.3 is 0 Å². The van der Waals surface area contributed by atoms with Gasteiger partial charge in [-0.05, 0) is 37.3 Å². The average Bonchev–Trinajstić information content (AvgIpc) is 3.10. The number of nitrogens with one attached hydrogen (secondary N) is 1. The number of nitrogens with zero attached hydrogens (tertiary/aromatic N) is 3. The number of hydrogen-bond acceptors (Lipinski definition) is 3. The van der Waals surface area contributed by atoms with Crippen LogP contribution in [0.3, 0.4) is 0 Å². The molecule has 0 aromatic carbocycles. The summed E-state index contributed by atoms with van der Waals surface area (Å²) >= 11 is 0. The molecular weight excluding hydrogens is 264 g/mol. The van der Waals surface area contributed by atoms with Crippen molar-refractivity contribution in [3.8, 4) is 0 Å². The van der Waals surface area contributed by atoms with E-state index in [1.165, 1.54) is 0 Å². The van der Waals surface area contributed by atoms with Gasteiger partial charge < -0.3 is 4.90 Å². The Bertz CT molecular complexity index is 680. The minimum atomic E-state index is 0.281. The van der Waals surface area contributed by atoms with Gasteiger partial charge in [0.25, 0.3) is 0 Å². The van der Waals surface area contributed by atoms with Gasteiger partial charge in [0.2, 0.25) is 5.91 Å². The van der Waals surface area contributed by atoms with E-state index in [0.717, 1.165) is 49.1 Å². The van der Waals surface area contributed by atoms with Crippen LogP contribution in [0.25, 0.3) is 11.0 Å². The lowest BCUT2D eigenvalue weighted by atomic mass is 9.93. The van der Waals surface area contributed by atoms with E-state index in [1.807, 2.05) is 6.07 Å². The van der Waals surface area contributed by atoms with Crippen LogP contribution in [0.5, 0.6) is 0 Å². The Morgan fingerprint density at radius 1 is 1.48 bits per heavy atom. The van der Waals surface area contributed by atoms with Crippen molar-refractivity contribution >= 4 is 16.9 Å². The van der Waals surface area contributed by atoms with Crippen LogP contribution in [0, 0.1) is 11.8 Å². The van der Waals surface area contributed by atoms with Crippen molar-refractivity contribution in [2.75, 3.05) is 13.1 Å². The second-order valence-electron chi connectivity index (χ2n) is 6.45. The SMILES string of the molecule is C[C@H]1C[C@@H]1C(=O)N1CCC[C@H](c2[nH]nc3ncccc23)C1. The third kappa shape index (κ3) is 2.20. The fraction of sp³-hybridized carbons (Fsp3) is 0.562. The molecule has 110 valence electrons. The topological polar surface area (TPSA) is 61.9 Å². The van der Waals surface area contributed by atoms with Crippen molar-refractivity contribution in [1.29, 1.82) is 0 Å². The lowest BCUT2D eigenvalue weighted by molar-refractivity contribution is -0.134. The summed E-state index contributed by atoms with van der Waals surface area (Å²) in [5.41, 5.74) is 1.91. The number of amides is 1. The maximum absolute atomic E-state index is 12.4. The van der Waals surface area contributed by atoms with Crippen LogP contribution in [0.4, 0.5) is 0 Å². The van der Waals surface area contributed by atoms with Crippen molar-refractivity contribution in [1.82, 2.24) is 20.1 Å². The monoisotopic (exact) mass is 284 g/mol. The minimum Gasteiger partial charge on any atom is -0.342 e. The van der Waals surface area contributed by atoms with E-state index in [-0.39, 0.29) is 5.92 Å². The van der Waals surface area contributed by atoms with E-state index >= 15 is 0 Å². The summed E-state index contributed by atoms with van der Waals surface area (Å²) in [7, 11) is 0. The number of H-pyrrole nitrogens is 1. The predicted octanol–water partition coefficient (Wildman–Crippen LogP) is 2.32. The zero-order valence-electron chi connectivity index (χ0n) is 12.2. The van der Waals surface area contributed by atoms with Crippen LogP contribution >= 0.6 is 0 Å². The van der Waals surface area contributed by atoms with Gasteiger partial charge in [-0.2, -0.15) is 5.10 Å². The quantitative estimate of drug-likeness (QED) is 0.920. The maximum atomic E-state index is 12.4. The molecule has 1 saturated heterocycles. The van der Waals surface area contributed by atoms with Crippen molar-refractivity contribution < 1.29 is 4.79 Å². The molecule has 0 unspecified atom stereocenters. The highest BCUT2D eigenvalue weighted by molar-refractivity contribution is 5.82. The Labute approximate surface area is 123 Å². The lowest BCUT2D eigenvalue weighted by Gasteiger charge is -2.32. The molecule has 21 heavy (non-hydrogen) atoms. The van der Waals surface area contributed by atoms with Crippen molar-refractivity contribution in [3.63, 3.8) is 0 Å². The van der Waals surface area contributed by atoms with Crippen LogP contribution in [-0.4, -0.2) is 39.1 Å². The van der Waals surface area contributed by atoms with Gasteiger partial charge in [-0.25, -0.2) is 4.98 Å². The second-order valence-corrected chi connectivity index (χ2v) is 6.45. The molecule has 2 aliphatic rings. The molecule has 0 bridgehead atoms. The Morgan fingerprint density at radius 2 is 2.33 bits per heavy atom. The molecule has 1 aliphatic heterocycles. The number of rotatable bonds is 2. The number of fused-ring (bicyclic) bond motifs is 1. The first-order valence-corrected chi connectivity index (χ1v) is 7.82. The summed E-state index contributed by atoms with van der Waals surface area (Å²) in [6, 6.07) is 4.00. The number of piperidine rings is 1. The molecule has 4 rings (SSSR count). The summed E-state index contributed by atoms with van der Waals surface area (Å²) in [5.74, 6) is 1.57. The number of carbonyl (C=O) groups is 1. The molecule has 1 saturated carbocycles. The molecule has 2 aromatic heterocycles. The van der Waals surface area contributed by atoms with Crippen LogP contribution in [0.1, 0.15) is 37.8 Å². The standard InChI is InChI=1S/C16H20N4O/c1-10-8-13(10)16(21)20-7-3-4-11(9-20)14-12-5-2-6-17-15(12)19-18-14/h2,5-6,10-11,13H,3-4,7-9H2,1H3,(H,17,18,19)/t10-,11-,13-/m0/s1. The van der Waals surface area contributed by atoms with E-state index in [4.69, 9.17) is 0 Å². The molecule has 5 heteroatoms. The first-order chi connectivity index (χ1) is 10.2. The van der Waals surface area contributed by atoms with E-state index < -0.39 is 0 Å². The molecule has 2 aromatic rings. The number of pyridine rings is 1. The van der Waals surface area contributed by atoms with E-state index in [1.54, 1.807) is 6.20 Å². The van der Waals surface area contributed by atoms with Crippen molar-refractivity contribution in [3.05, 3.63) is 24.0 Å². The van der Waals surface area contributed by atoms with Gasteiger partial charge in [0.05, 0.1) is 0 Å². The molecule has 0 radical (unpaired) electrons. The summed E-state index contributed by atoms with van der Waals surface area (Å²) in [6.07, 6.45) is 5.00. The van der Waals surface area contributed by atoms with E-state index in [2.05, 4.69) is 33.1 Å². The van der Waals surface area contributed by atoms with Gasteiger partial charge in [0.15, 0.2) is 5.65 Å². The summed E-state index contributed by atoms with van der Waals surface area (Å²) in [4.78, 5) is 18.8. The first-order valence-electron chi connectivity index (χ1n) is 7.82. The zero-order chi connectivity index (χ0) is 14.4. The van der Waals surface area contributed by atoms with Crippen LogP contribution in [0.15, 0.2) is 18.3 Å². The predicted molar refractivity (Wildman–Crippen MR) is 79.7 cm³/mol. The summed E-state index contributed by atoms with van der Waals surface area (Å²) < 4.78 is 0. The third-order valence-corrected chi connectivity index (χ3v) is 4.93. The average molecular weight is 284 g/mol. The van der Waals surface area contributed by atoms with Gasteiger partial charge in [-0.3, -0.25) is 9.89 Å². The third-order valence-electron chi connectivity index (χ3n) is 4.93.